The molecule has 2 aliphatic rings. The summed E-state index contributed by atoms with van der Waals surface area (Å²) in [6.07, 6.45) is -2.17. The minimum absolute atomic E-state index is 0.0172. The Kier molecular flexibility index (Phi) is 2.85. The van der Waals surface area contributed by atoms with E-state index in [-0.39, 0.29) is 6.54 Å². The Morgan fingerprint density at radius 2 is 2.20 bits per heavy atom. The van der Waals surface area contributed by atoms with Crippen LogP contribution in [0.4, 0.5) is 0 Å². The van der Waals surface area contributed by atoms with Gasteiger partial charge < -0.3 is 20.2 Å². The molecule has 0 radical (unpaired) electrons. The molecule has 2 aliphatic heterocycles. The fraction of sp³-hybridized carbons (Fsp3) is 0.636. The Hall–Kier alpha value is -1.52. The molecule has 3 heterocycles. The van der Waals surface area contributed by atoms with Crippen molar-refractivity contribution >= 4 is 0 Å². The van der Waals surface area contributed by atoms with Crippen LogP contribution in [0.2, 0.25) is 0 Å². The molecule has 2 fully saturated rings. The molecule has 0 aliphatic carbocycles. The van der Waals surface area contributed by atoms with Gasteiger partial charge in [0.2, 0.25) is 0 Å². The first-order chi connectivity index (χ1) is 9.35. The molecule has 4 N–H and O–H groups in total. The molecule has 9 nitrogen and oxygen atoms in total. The summed E-state index contributed by atoms with van der Waals surface area (Å²) in [6, 6.07) is 0.378. The lowest BCUT2D eigenvalue weighted by Gasteiger charge is -2.31. The predicted molar refractivity (Wildman–Crippen MR) is 64.1 cm³/mol. The van der Waals surface area contributed by atoms with E-state index < -0.39 is 41.3 Å². The molecule has 0 amide bonds. The third kappa shape index (κ3) is 1.61. The van der Waals surface area contributed by atoms with Gasteiger partial charge in [0.05, 0.1) is 12.6 Å². The summed E-state index contributed by atoms with van der Waals surface area (Å²) in [4.78, 5) is 24.8. The minimum Gasteiger partial charge on any atom is -0.385 e. The smallest absolute Gasteiger partial charge is 0.330 e. The van der Waals surface area contributed by atoms with Crippen molar-refractivity contribution in [1.82, 2.24) is 14.6 Å². The number of nitrogens with one attached hydrogen (secondary N) is 1. The van der Waals surface area contributed by atoms with Crippen molar-refractivity contribution in [3.63, 3.8) is 0 Å². The SMILES string of the molecule is C[C@H]1N(O)C[C@H]2O[C@@H](n3ccc(=O)[nH]c3=O)[C@H](O)[C@]21O. The number of fused-ring (bicyclic) bond motifs is 1. The second-order valence-corrected chi connectivity index (χ2v) is 5.16. The van der Waals surface area contributed by atoms with Gasteiger partial charge >= 0.3 is 5.69 Å². The monoisotopic (exact) mass is 285 g/mol. The summed E-state index contributed by atoms with van der Waals surface area (Å²) < 4.78 is 6.50. The predicted octanol–water partition coefficient (Wildman–Crippen LogP) is -2.38. The van der Waals surface area contributed by atoms with Crippen LogP contribution >= 0.6 is 0 Å². The Morgan fingerprint density at radius 1 is 1.50 bits per heavy atom. The third-order valence-corrected chi connectivity index (χ3v) is 4.16. The van der Waals surface area contributed by atoms with Gasteiger partial charge in [-0.15, -0.1) is 0 Å². The zero-order valence-electron chi connectivity index (χ0n) is 10.6. The molecule has 9 heteroatoms. The van der Waals surface area contributed by atoms with E-state index in [9.17, 15) is 25.0 Å². The first-order valence-corrected chi connectivity index (χ1v) is 6.18. The summed E-state index contributed by atoms with van der Waals surface area (Å²) in [5.74, 6) is 0. The van der Waals surface area contributed by atoms with Gasteiger partial charge in [0.1, 0.15) is 17.8 Å². The van der Waals surface area contributed by atoms with Crippen molar-refractivity contribution < 1.29 is 20.2 Å². The molecule has 0 unspecified atom stereocenters. The molecule has 5 atom stereocenters. The second-order valence-electron chi connectivity index (χ2n) is 5.16. The van der Waals surface area contributed by atoms with Crippen molar-refractivity contribution in [1.29, 1.82) is 0 Å². The lowest BCUT2D eigenvalue weighted by Crippen LogP contribution is -2.53. The summed E-state index contributed by atoms with van der Waals surface area (Å²) in [7, 11) is 0. The molecule has 2 saturated heterocycles. The molecule has 0 saturated carbocycles. The molecule has 3 rings (SSSR count). The highest BCUT2D eigenvalue weighted by Gasteiger charge is 2.64. The van der Waals surface area contributed by atoms with Crippen LogP contribution in [-0.4, -0.2) is 60.4 Å². The number of aromatic amines is 1. The Morgan fingerprint density at radius 3 is 2.80 bits per heavy atom. The highest BCUT2D eigenvalue weighted by molar-refractivity contribution is 5.12. The van der Waals surface area contributed by atoms with Crippen LogP contribution in [-0.2, 0) is 4.74 Å². The van der Waals surface area contributed by atoms with E-state index in [1.165, 1.54) is 6.20 Å². The van der Waals surface area contributed by atoms with Crippen molar-refractivity contribution in [3.8, 4) is 0 Å². The van der Waals surface area contributed by atoms with Gasteiger partial charge in [-0.25, -0.2) is 4.79 Å². The number of hydroxylamine groups is 2. The van der Waals surface area contributed by atoms with Crippen LogP contribution in [0, 0.1) is 0 Å². The van der Waals surface area contributed by atoms with Gasteiger partial charge in [0.15, 0.2) is 6.23 Å². The number of aliphatic hydroxyl groups excluding tert-OH is 1. The third-order valence-electron chi connectivity index (χ3n) is 4.16. The van der Waals surface area contributed by atoms with Crippen LogP contribution in [0.5, 0.6) is 0 Å². The first kappa shape index (κ1) is 13.5. The number of ether oxygens (including phenoxy) is 1. The largest absolute Gasteiger partial charge is 0.385 e. The lowest BCUT2D eigenvalue weighted by atomic mass is 9.89. The zero-order chi connectivity index (χ0) is 14.7. The van der Waals surface area contributed by atoms with Crippen LogP contribution in [0.15, 0.2) is 21.9 Å². The number of hydrogen-bond donors (Lipinski definition) is 4. The van der Waals surface area contributed by atoms with Gasteiger partial charge in [-0.05, 0) is 6.92 Å². The average Bonchev–Trinajstić information content (AvgIpc) is 2.75. The van der Waals surface area contributed by atoms with Crippen molar-refractivity contribution in [2.75, 3.05) is 6.54 Å². The molecule has 1 aromatic rings. The van der Waals surface area contributed by atoms with E-state index in [0.717, 1.165) is 15.7 Å². The van der Waals surface area contributed by atoms with Crippen LogP contribution in [0.1, 0.15) is 13.2 Å². The zero-order valence-corrected chi connectivity index (χ0v) is 10.6. The van der Waals surface area contributed by atoms with E-state index in [4.69, 9.17) is 4.74 Å². The maximum Gasteiger partial charge on any atom is 0.330 e. The molecule has 110 valence electrons. The number of nitrogens with zero attached hydrogens (tertiary/aromatic N) is 2. The number of aliphatic hydroxyl groups is 2. The maximum absolute atomic E-state index is 11.7. The molecule has 0 spiro atoms. The van der Waals surface area contributed by atoms with Crippen LogP contribution < -0.4 is 11.2 Å². The number of H-pyrrole nitrogens is 1. The first-order valence-electron chi connectivity index (χ1n) is 6.18. The Labute approximate surface area is 112 Å². The molecule has 20 heavy (non-hydrogen) atoms. The molecule has 0 aromatic carbocycles. The minimum atomic E-state index is -1.69. The highest BCUT2D eigenvalue weighted by atomic mass is 16.6. The average molecular weight is 285 g/mol. The fourth-order valence-corrected chi connectivity index (χ4v) is 2.89. The van der Waals surface area contributed by atoms with Crippen LogP contribution in [0.3, 0.4) is 0 Å². The standard InChI is InChI=1S/C11H15N3O6/c1-5-11(18)6(4-14(5)19)20-9(8(11)16)13-3-2-7(15)12-10(13)17/h2-3,5-6,8-9,16,18-19H,4H2,1H3,(H,12,15,17)/t5-,6-,8+,9-,11-/m1/s1. The summed E-state index contributed by atoms with van der Waals surface area (Å²) in [5.41, 5.74) is -2.99. The maximum atomic E-state index is 11.7. The summed E-state index contributed by atoms with van der Waals surface area (Å²) in [5, 5.41) is 31.3. The Balaban J connectivity index is 2.00. The van der Waals surface area contributed by atoms with E-state index >= 15 is 0 Å². The molecular weight excluding hydrogens is 270 g/mol. The number of rotatable bonds is 1. The van der Waals surface area contributed by atoms with E-state index in [1.807, 2.05) is 0 Å². The summed E-state index contributed by atoms with van der Waals surface area (Å²) >= 11 is 0. The van der Waals surface area contributed by atoms with E-state index in [2.05, 4.69) is 4.98 Å². The normalized spacial score (nSPS) is 41.0. The number of hydrogen-bond acceptors (Lipinski definition) is 7. The topological polar surface area (TPSA) is 128 Å². The lowest BCUT2D eigenvalue weighted by molar-refractivity contribution is -0.162. The van der Waals surface area contributed by atoms with Gasteiger partial charge in [-0.3, -0.25) is 14.3 Å². The van der Waals surface area contributed by atoms with Gasteiger partial charge in [-0.1, -0.05) is 0 Å². The fourth-order valence-electron chi connectivity index (χ4n) is 2.89. The van der Waals surface area contributed by atoms with Gasteiger partial charge in [-0.2, -0.15) is 5.06 Å². The van der Waals surface area contributed by atoms with Crippen LogP contribution in [0.25, 0.3) is 0 Å². The van der Waals surface area contributed by atoms with E-state index in [0.29, 0.717) is 0 Å². The molecule has 0 bridgehead atoms. The van der Waals surface area contributed by atoms with Crippen molar-refractivity contribution in [2.45, 2.75) is 37.0 Å². The highest BCUT2D eigenvalue weighted by Crippen LogP contribution is 2.44. The second kappa shape index (κ2) is 4.24. The molecule has 1 aromatic heterocycles. The van der Waals surface area contributed by atoms with E-state index in [1.54, 1.807) is 6.92 Å². The Bertz CT molecular complexity index is 642. The van der Waals surface area contributed by atoms with Crippen molar-refractivity contribution in [3.05, 3.63) is 33.1 Å². The van der Waals surface area contributed by atoms with Crippen molar-refractivity contribution in [2.24, 2.45) is 0 Å². The number of aromatic nitrogens is 2. The van der Waals surface area contributed by atoms with Gasteiger partial charge in [0.25, 0.3) is 5.56 Å². The molecular formula is C11H15N3O6. The quantitative estimate of drug-likeness (QED) is 0.453. The summed E-state index contributed by atoms with van der Waals surface area (Å²) in [6.45, 7) is 1.56. The van der Waals surface area contributed by atoms with Gasteiger partial charge in [0, 0.05) is 12.3 Å².